The van der Waals surface area contributed by atoms with Gasteiger partial charge in [-0.3, -0.25) is 9.36 Å². The average Bonchev–Trinajstić information content (AvgIpc) is 2.78. The molecule has 0 aliphatic carbocycles. The monoisotopic (exact) mass is 311 g/mol. The molecule has 2 aromatic carbocycles. The summed E-state index contributed by atoms with van der Waals surface area (Å²) >= 11 is 6.45. The van der Waals surface area contributed by atoms with Gasteiger partial charge in [0.15, 0.2) is 6.29 Å². The summed E-state index contributed by atoms with van der Waals surface area (Å²) in [6.45, 7) is 6.56. The molecule has 1 aromatic heterocycles. The molecule has 3 aromatic rings. The number of aromatic nitrogens is 1. The summed E-state index contributed by atoms with van der Waals surface area (Å²) in [6.07, 6.45) is 0.824. The molecule has 0 aliphatic rings. The molecule has 0 aliphatic heterocycles. The van der Waals surface area contributed by atoms with Crippen molar-refractivity contribution in [2.45, 2.75) is 26.2 Å². The van der Waals surface area contributed by atoms with Gasteiger partial charge in [0.2, 0.25) is 0 Å². The standard InChI is InChI=1S/C19H18ClNO/c1-19(2,3)13-8-10-14(11-9-13)21-17-7-5-4-6-15(17)16(12-22)18(21)20/h4-12H,1-3H3. The minimum absolute atomic E-state index is 0.106. The summed E-state index contributed by atoms with van der Waals surface area (Å²) in [7, 11) is 0. The lowest BCUT2D eigenvalue weighted by Crippen LogP contribution is -2.10. The Labute approximate surface area is 135 Å². The van der Waals surface area contributed by atoms with Gasteiger partial charge in [-0.25, -0.2) is 0 Å². The van der Waals surface area contributed by atoms with Crippen LogP contribution in [0.3, 0.4) is 0 Å². The third-order valence-electron chi connectivity index (χ3n) is 3.96. The highest BCUT2D eigenvalue weighted by Gasteiger charge is 2.17. The molecule has 3 heteroatoms. The van der Waals surface area contributed by atoms with E-state index in [4.69, 9.17) is 11.6 Å². The zero-order valence-electron chi connectivity index (χ0n) is 12.9. The first kappa shape index (κ1) is 14.9. The van der Waals surface area contributed by atoms with Crippen molar-refractivity contribution in [2.24, 2.45) is 0 Å². The van der Waals surface area contributed by atoms with E-state index in [0.717, 1.165) is 22.9 Å². The first-order valence-corrected chi connectivity index (χ1v) is 7.66. The number of rotatable bonds is 2. The second-order valence-corrected chi connectivity index (χ2v) is 6.83. The SMILES string of the molecule is CC(C)(C)c1ccc(-n2c(Cl)c(C=O)c3ccccc32)cc1. The van der Waals surface area contributed by atoms with Gasteiger partial charge >= 0.3 is 0 Å². The normalized spacial score (nSPS) is 11.8. The highest BCUT2D eigenvalue weighted by molar-refractivity contribution is 6.34. The number of aldehydes is 1. The van der Waals surface area contributed by atoms with E-state index in [1.54, 1.807) is 0 Å². The van der Waals surface area contributed by atoms with Crippen molar-refractivity contribution in [1.82, 2.24) is 4.57 Å². The summed E-state index contributed by atoms with van der Waals surface area (Å²) in [4.78, 5) is 11.4. The van der Waals surface area contributed by atoms with E-state index in [2.05, 4.69) is 32.9 Å². The molecule has 0 unspecified atom stereocenters. The number of benzene rings is 2. The van der Waals surface area contributed by atoms with Crippen LogP contribution in [0.4, 0.5) is 0 Å². The van der Waals surface area contributed by atoms with Crippen molar-refractivity contribution in [3.8, 4) is 5.69 Å². The lowest BCUT2D eigenvalue weighted by molar-refractivity contribution is 0.112. The topological polar surface area (TPSA) is 22.0 Å². The molecule has 0 saturated carbocycles. The minimum Gasteiger partial charge on any atom is -0.300 e. The highest BCUT2D eigenvalue weighted by atomic mass is 35.5. The number of halogens is 1. The van der Waals surface area contributed by atoms with Gasteiger partial charge in [-0.15, -0.1) is 0 Å². The van der Waals surface area contributed by atoms with Gasteiger partial charge in [0.1, 0.15) is 5.15 Å². The number of fused-ring (bicyclic) bond motifs is 1. The number of hydrogen-bond donors (Lipinski definition) is 0. The Morgan fingerprint density at radius 2 is 1.64 bits per heavy atom. The fourth-order valence-electron chi connectivity index (χ4n) is 2.71. The van der Waals surface area contributed by atoms with Gasteiger partial charge in [0, 0.05) is 11.1 Å². The number of carbonyl (C=O) groups is 1. The molecular formula is C19H18ClNO. The molecule has 22 heavy (non-hydrogen) atoms. The lowest BCUT2D eigenvalue weighted by Gasteiger charge is -2.19. The average molecular weight is 312 g/mol. The molecule has 3 rings (SSSR count). The third kappa shape index (κ3) is 2.34. The Bertz CT molecular complexity index is 838. The largest absolute Gasteiger partial charge is 0.300 e. The van der Waals surface area contributed by atoms with E-state index in [1.165, 1.54) is 5.56 Å². The predicted molar refractivity (Wildman–Crippen MR) is 92.4 cm³/mol. The molecule has 0 bridgehead atoms. The zero-order valence-corrected chi connectivity index (χ0v) is 13.7. The van der Waals surface area contributed by atoms with Crippen LogP contribution in [0.5, 0.6) is 0 Å². The molecule has 0 atom stereocenters. The number of hydrogen-bond acceptors (Lipinski definition) is 1. The smallest absolute Gasteiger partial charge is 0.153 e. The van der Waals surface area contributed by atoms with Crippen LogP contribution < -0.4 is 0 Å². The Morgan fingerprint density at radius 1 is 1.00 bits per heavy atom. The van der Waals surface area contributed by atoms with Gasteiger partial charge < -0.3 is 0 Å². The van der Waals surface area contributed by atoms with Crippen LogP contribution in [-0.4, -0.2) is 10.9 Å². The van der Waals surface area contributed by atoms with Crippen LogP contribution in [0.25, 0.3) is 16.6 Å². The van der Waals surface area contributed by atoms with Crippen LogP contribution in [-0.2, 0) is 5.41 Å². The number of nitrogens with zero attached hydrogens (tertiary/aromatic N) is 1. The molecule has 0 amide bonds. The van der Waals surface area contributed by atoms with E-state index in [0.29, 0.717) is 10.7 Å². The lowest BCUT2D eigenvalue weighted by atomic mass is 9.87. The van der Waals surface area contributed by atoms with Crippen molar-refractivity contribution >= 4 is 28.8 Å². The second kappa shape index (κ2) is 5.29. The van der Waals surface area contributed by atoms with E-state index in [1.807, 2.05) is 41.0 Å². The predicted octanol–water partition coefficient (Wildman–Crippen LogP) is 5.39. The molecular weight excluding hydrogens is 294 g/mol. The molecule has 0 spiro atoms. The van der Waals surface area contributed by atoms with Gasteiger partial charge in [-0.2, -0.15) is 0 Å². The van der Waals surface area contributed by atoms with Crippen molar-refractivity contribution in [2.75, 3.05) is 0 Å². The molecule has 0 radical (unpaired) electrons. The van der Waals surface area contributed by atoms with Crippen LogP contribution >= 0.6 is 11.6 Å². The summed E-state index contributed by atoms with van der Waals surface area (Å²) in [6, 6.07) is 16.1. The van der Waals surface area contributed by atoms with Gasteiger partial charge in [0.25, 0.3) is 0 Å². The van der Waals surface area contributed by atoms with Crippen LogP contribution in [0, 0.1) is 0 Å². The first-order valence-electron chi connectivity index (χ1n) is 7.28. The quantitative estimate of drug-likeness (QED) is 0.581. The van der Waals surface area contributed by atoms with E-state index >= 15 is 0 Å². The van der Waals surface area contributed by atoms with Crippen molar-refractivity contribution in [3.05, 3.63) is 64.8 Å². The van der Waals surface area contributed by atoms with Gasteiger partial charge in [-0.1, -0.05) is 62.7 Å². The fraction of sp³-hybridized carbons (Fsp3) is 0.211. The van der Waals surface area contributed by atoms with E-state index in [9.17, 15) is 4.79 Å². The maximum Gasteiger partial charge on any atom is 0.153 e. The number of carbonyl (C=O) groups excluding carboxylic acids is 1. The summed E-state index contributed by atoms with van der Waals surface area (Å²) in [5.74, 6) is 0. The number of para-hydroxylation sites is 1. The van der Waals surface area contributed by atoms with Crippen LogP contribution in [0.1, 0.15) is 36.7 Å². The molecule has 0 fully saturated rings. The van der Waals surface area contributed by atoms with E-state index < -0.39 is 0 Å². The van der Waals surface area contributed by atoms with Crippen LogP contribution in [0.2, 0.25) is 5.15 Å². The Hall–Kier alpha value is -2.06. The molecule has 1 heterocycles. The zero-order chi connectivity index (χ0) is 15.9. The first-order chi connectivity index (χ1) is 10.4. The summed E-state index contributed by atoms with van der Waals surface area (Å²) in [5.41, 5.74) is 3.81. The maximum atomic E-state index is 11.4. The Morgan fingerprint density at radius 3 is 2.23 bits per heavy atom. The Kier molecular flexibility index (Phi) is 3.57. The van der Waals surface area contributed by atoms with Crippen molar-refractivity contribution in [1.29, 1.82) is 0 Å². The van der Waals surface area contributed by atoms with Gasteiger partial charge in [-0.05, 0) is 29.2 Å². The highest BCUT2D eigenvalue weighted by Crippen LogP contribution is 2.32. The van der Waals surface area contributed by atoms with E-state index in [-0.39, 0.29) is 5.41 Å². The minimum atomic E-state index is 0.106. The third-order valence-corrected chi connectivity index (χ3v) is 4.34. The van der Waals surface area contributed by atoms with Crippen molar-refractivity contribution in [3.63, 3.8) is 0 Å². The summed E-state index contributed by atoms with van der Waals surface area (Å²) < 4.78 is 1.92. The van der Waals surface area contributed by atoms with Gasteiger partial charge in [0.05, 0.1) is 11.1 Å². The Balaban J connectivity index is 2.22. The molecule has 2 nitrogen and oxygen atoms in total. The van der Waals surface area contributed by atoms with Crippen LogP contribution in [0.15, 0.2) is 48.5 Å². The molecule has 0 N–H and O–H groups in total. The maximum absolute atomic E-state index is 11.4. The second-order valence-electron chi connectivity index (χ2n) is 6.47. The fourth-order valence-corrected chi connectivity index (χ4v) is 3.04. The molecule has 112 valence electrons. The summed E-state index contributed by atoms with van der Waals surface area (Å²) in [5, 5.41) is 1.34. The molecule has 0 saturated heterocycles. The van der Waals surface area contributed by atoms with Crippen molar-refractivity contribution < 1.29 is 4.79 Å².